The number of para-hydroxylation sites is 1. The second-order valence-electron chi connectivity index (χ2n) is 4.10. The standard InChI is InChI=1S/C15H8BrClO2/c16-10-6-4-9(5-7-10)14-8-13(18)11-2-1-3-12(17)15(11)19-14/h1-8H. The molecule has 0 spiro atoms. The number of benzene rings is 2. The van der Waals surface area contributed by atoms with Gasteiger partial charge in [0.1, 0.15) is 5.76 Å². The molecular formula is C15H8BrClO2. The van der Waals surface area contributed by atoms with Crippen LogP contribution in [0.3, 0.4) is 0 Å². The molecule has 0 saturated heterocycles. The maximum Gasteiger partial charge on any atom is 0.193 e. The van der Waals surface area contributed by atoms with Gasteiger partial charge in [-0.3, -0.25) is 4.79 Å². The first kappa shape index (κ1) is 12.5. The average molecular weight is 336 g/mol. The zero-order valence-corrected chi connectivity index (χ0v) is 12.0. The van der Waals surface area contributed by atoms with Crippen LogP contribution in [0.1, 0.15) is 0 Å². The minimum atomic E-state index is -0.0957. The highest BCUT2D eigenvalue weighted by Gasteiger charge is 2.09. The Kier molecular flexibility index (Phi) is 3.17. The summed E-state index contributed by atoms with van der Waals surface area (Å²) in [6, 6.07) is 14.2. The lowest BCUT2D eigenvalue weighted by molar-refractivity contribution is 0.619. The summed E-state index contributed by atoms with van der Waals surface area (Å²) in [5.41, 5.74) is 1.17. The molecule has 0 unspecified atom stereocenters. The third-order valence-corrected chi connectivity index (χ3v) is 3.66. The molecule has 0 radical (unpaired) electrons. The van der Waals surface area contributed by atoms with Gasteiger partial charge in [0.2, 0.25) is 0 Å². The predicted molar refractivity (Wildman–Crippen MR) is 80.6 cm³/mol. The first-order valence-corrected chi connectivity index (χ1v) is 6.80. The molecule has 4 heteroatoms. The van der Waals surface area contributed by atoms with Crippen molar-refractivity contribution in [3.8, 4) is 11.3 Å². The second kappa shape index (κ2) is 4.83. The van der Waals surface area contributed by atoms with E-state index in [4.69, 9.17) is 16.0 Å². The van der Waals surface area contributed by atoms with E-state index in [1.165, 1.54) is 6.07 Å². The smallest absolute Gasteiger partial charge is 0.193 e. The molecule has 0 fully saturated rings. The SMILES string of the molecule is O=c1cc(-c2ccc(Br)cc2)oc2c(Cl)cccc12. The Morgan fingerprint density at radius 3 is 2.53 bits per heavy atom. The summed E-state index contributed by atoms with van der Waals surface area (Å²) < 4.78 is 6.72. The molecule has 0 aliphatic carbocycles. The van der Waals surface area contributed by atoms with Crippen LogP contribution >= 0.6 is 27.5 Å². The van der Waals surface area contributed by atoms with E-state index >= 15 is 0 Å². The van der Waals surface area contributed by atoms with Crippen molar-refractivity contribution >= 4 is 38.5 Å². The van der Waals surface area contributed by atoms with Gasteiger partial charge in [0.15, 0.2) is 11.0 Å². The van der Waals surface area contributed by atoms with E-state index in [1.54, 1.807) is 18.2 Å². The van der Waals surface area contributed by atoms with Gasteiger partial charge in [-0.1, -0.05) is 45.7 Å². The second-order valence-corrected chi connectivity index (χ2v) is 5.42. The molecular weight excluding hydrogens is 328 g/mol. The summed E-state index contributed by atoms with van der Waals surface area (Å²) >= 11 is 9.44. The molecule has 0 saturated carbocycles. The van der Waals surface area contributed by atoms with E-state index in [2.05, 4.69) is 15.9 Å². The quantitative estimate of drug-likeness (QED) is 0.634. The van der Waals surface area contributed by atoms with Gasteiger partial charge < -0.3 is 4.42 Å². The van der Waals surface area contributed by atoms with E-state index < -0.39 is 0 Å². The van der Waals surface area contributed by atoms with Crippen molar-refractivity contribution in [3.05, 3.63) is 68.2 Å². The van der Waals surface area contributed by atoms with Gasteiger partial charge in [0.25, 0.3) is 0 Å². The van der Waals surface area contributed by atoms with Crippen molar-refractivity contribution in [3.63, 3.8) is 0 Å². The summed E-state index contributed by atoms with van der Waals surface area (Å²) in [5, 5.41) is 0.932. The molecule has 0 aliphatic heterocycles. The fraction of sp³-hybridized carbons (Fsp3) is 0. The molecule has 0 N–H and O–H groups in total. The van der Waals surface area contributed by atoms with E-state index in [-0.39, 0.29) is 5.43 Å². The van der Waals surface area contributed by atoms with E-state index in [0.717, 1.165) is 10.0 Å². The zero-order chi connectivity index (χ0) is 13.4. The minimum absolute atomic E-state index is 0.0957. The van der Waals surface area contributed by atoms with Crippen molar-refractivity contribution in [2.24, 2.45) is 0 Å². The molecule has 2 nitrogen and oxygen atoms in total. The highest BCUT2D eigenvalue weighted by atomic mass is 79.9. The van der Waals surface area contributed by atoms with Crippen LogP contribution in [0.25, 0.3) is 22.3 Å². The van der Waals surface area contributed by atoms with Gasteiger partial charge in [0.05, 0.1) is 10.4 Å². The van der Waals surface area contributed by atoms with E-state index in [1.807, 2.05) is 24.3 Å². The predicted octanol–water partition coefficient (Wildman–Crippen LogP) is 4.88. The Labute approximate surface area is 122 Å². The Bertz CT molecular complexity index is 806. The summed E-state index contributed by atoms with van der Waals surface area (Å²) in [6.07, 6.45) is 0. The molecule has 0 amide bonds. The summed E-state index contributed by atoms with van der Waals surface area (Å²) in [7, 11) is 0. The topological polar surface area (TPSA) is 30.2 Å². The molecule has 0 aliphatic rings. The van der Waals surface area contributed by atoms with Crippen LogP contribution in [0.15, 0.2) is 62.2 Å². The fourth-order valence-corrected chi connectivity index (χ4v) is 2.38. The van der Waals surface area contributed by atoms with Gasteiger partial charge in [-0.05, 0) is 24.3 Å². The maximum atomic E-state index is 12.1. The third-order valence-electron chi connectivity index (χ3n) is 2.84. The van der Waals surface area contributed by atoms with Gasteiger partial charge in [-0.2, -0.15) is 0 Å². The van der Waals surface area contributed by atoms with Gasteiger partial charge in [0, 0.05) is 16.1 Å². The molecule has 1 heterocycles. The molecule has 0 atom stereocenters. The monoisotopic (exact) mass is 334 g/mol. The van der Waals surface area contributed by atoms with Crippen molar-refractivity contribution in [2.75, 3.05) is 0 Å². The molecule has 3 rings (SSSR count). The number of rotatable bonds is 1. The molecule has 3 aromatic rings. The summed E-state index contributed by atoms with van der Waals surface area (Å²) in [4.78, 5) is 12.1. The number of fused-ring (bicyclic) bond motifs is 1. The number of hydrogen-bond acceptors (Lipinski definition) is 2. The maximum absolute atomic E-state index is 12.1. The Morgan fingerprint density at radius 1 is 1.05 bits per heavy atom. The van der Waals surface area contributed by atoms with Gasteiger partial charge in [-0.15, -0.1) is 0 Å². The lowest BCUT2D eigenvalue weighted by atomic mass is 10.1. The average Bonchev–Trinajstić information content (AvgIpc) is 2.41. The Balaban J connectivity index is 2.29. The van der Waals surface area contributed by atoms with Crippen LogP contribution < -0.4 is 5.43 Å². The Morgan fingerprint density at radius 2 is 1.79 bits per heavy atom. The third kappa shape index (κ3) is 2.31. The summed E-state index contributed by atoms with van der Waals surface area (Å²) in [6.45, 7) is 0. The van der Waals surface area contributed by atoms with Crippen LogP contribution in [0.2, 0.25) is 5.02 Å². The fourth-order valence-electron chi connectivity index (χ4n) is 1.90. The van der Waals surface area contributed by atoms with Crippen LogP contribution in [0.4, 0.5) is 0 Å². The van der Waals surface area contributed by atoms with E-state index in [9.17, 15) is 4.79 Å². The zero-order valence-electron chi connectivity index (χ0n) is 9.69. The first-order chi connectivity index (χ1) is 9.15. The number of hydrogen-bond donors (Lipinski definition) is 0. The van der Waals surface area contributed by atoms with Gasteiger partial charge >= 0.3 is 0 Å². The lowest BCUT2D eigenvalue weighted by Crippen LogP contribution is -2.00. The molecule has 1 aromatic heterocycles. The van der Waals surface area contributed by atoms with Crippen molar-refractivity contribution < 1.29 is 4.42 Å². The molecule has 2 aromatic carbocycles. The highest BCUT2D eigenvalue weighted by molar-refractivity contribution is 9.10. The number of halogens is 2. The molecule has 0 bridgehead atoms. The van der Waals surface area contributed by atoms with Crippen molar-refractivity contribution in [2.45, 2.75) is 0 Å². The van der Waals surface area contributed by atoms with Crippen molar-refractivity contribution in [1.29, 1.82) is 0 Å². The Hall–Kier alpha value is -1.58. The largest absolute Gasteiger partial charge is 0.454 e. The first-order valence-electron chi connectivity index (χ1n) is 5.63. The summed E-state index contributed by atoms with van der Waals surface area (Å²) in [5.74, 6) is 0.512. The van der Waals surface area contributed by atoms with Crippen LogP contribution in [-0.4, -0.2) is 0 Å². The van der Waals surface area contributed by atoms with Crippen LogP contribution in [-0.2, 0) is 0 Å². The molecule has 94 valence electrons. The molecule has 19 heavy (non-hydrogen) atoms. The highest BCUT2D eigenvalue weighted by Crippen LogP contribution is 2.27. The van der Waals surface area contributed by atoms with E-state index in [0.29, 0.717) is 21.8 Å². The normalized spacial score (nSPS) is 10.8. The van der Waals surface area contributed by atoms with Gasteiger partial charge in [-0.25, -0.2) is 0 Å². The minimum Gasteiger partial charge on any atom is -0.454 e. The van der Waals surface area contributed by atoms with Crippen LogP contribution in [0, 0.1) is 0 Å². The van der Waals surface area contributed by atoms with Crippen molar-refractivity contribution in [1.82, 2.24) is 0 Å². The lowest BCUT2D eigenvalue weighted by Gasteiger charge is -2.04. The van der Waals surface area contributed by atoms with Crippen LogP contribution in [0.5, 0.6) is 0 Å².